The van der Waals surface area contributed by atoms with Crippen LogP contribution in [-0.4, -0.2) is 4.98 Å². The van der Waals surface area contributed by atoms with E-state index in [0.29, 0.717) is 6.17 Å². The standard InChI is InChI=1S/C11H9N/c1-2-6-10(7-3-1)11-8-4-5-9-12-11/h1-9H/i9D. The van der Waals surface area contributed by atoms with Crippen molar-refractivity contribution in [2.24, 2.45) is 0 Å². The molecule has 0 fully saturated rings. The van der Waals surface area contributed by atoms with E-state index < -0.39 is 0 Å². The lowest BCUT2D eigenvalue weighted by atomic mass is 10.1. The molecule has 0 aliphatic carbocycles. The van der Waals surface area contributed by atoms with Gasteiger partial charge in [-0.3, -0.25) is 4.98 Å². The molecule has 0 aliphatic heterocycles. The van der Waals surface area contributed by atoms with Crippen molar-refractivity contribution >= 4 is 0 Å². The van der Waals surface area contributed by atoms with Crippen molar-refractivity contribution in [1.29, 1.82) is 0 Å². The summed E-state index contributed by atoms with van der Waals surface area (Å²) in [5, 5.41) is 0. The lowest BCUT2D eigenvalue weighted by Gasteiger charge is -1.97. The van der Waals surface area contributed by atoms with E-state index in [-0.39, 0.29) is 0 Å². The van der Waals surface area contributed by atoms with E-state index >= 15 is 0 Å². The van der Waals surface area contributed by atoms with Gasteiger partial charge in [-0.15, -0.1) is 0 Å². The predicted molar refractivity (Wildman–Crippen MR) is 49.7 cm³/mol. The monoisotopic (exact) mass is 156 g/mol. The number of hydrogen-bond donors (Lipinski definition) is 0. The molecule has 0 atom stereocenters. The first-order valence-corrected chi connectivity index (χ1v) is 3.85. The SMILES string of the molecule is [2H]c1cccc(-c2ccccc2)n1. The van der Waals surface area contributed by atoms with Gasteiger partial charge in [0, 0.05) is 11.7 Å². The van der Waals surface area contributed by atoms with Gasteiger partial charge in [-0.25, -0.2) is 0 Å². The van der Waals surface area contributed by atoms with Gasteiger partial charge in [0.25, 0.3) is 0 Å². The third-order valence-electron chi connectivity index (χ3n) is 1.68. The number of rotatable bonds is 1. The summed E-state index contributed by atoms with van der Waals surface area (Å²) in [6.45, 7) is 0. The van der Waals surface area contributed by atoms with E-state index in [1.807, 2.05) is 42.5 Å². The van der Waals surface area contributed by atoms with E-state index in [2.05, 4.69) is 4.98 Å². The average molecular weight is 156 g/mol. The van der Waals surface area contributed by atoms with Crippen LogP contribution in [-0.2, 0) is 0 Å². The molecule has 1 nitrogen and oxygen atoms in total. The molecule has 0 saturated carbocycles. The molecule has 0 unspecified atom stereocenters. The first kappa shape index (κ1) is 5.95. The van der Waals surface area contributed by atoms with Gasteiger partial charge in [0.05, 0.1) is 7.06 Å². The summed E-state index contributed by atoms with van der Waals surface area (Å²) in [7, 11) is 0. The Kier molecular flexibility index (Phi) is 1.58. The van der Waals surface area contributed by atoms with Gasteiger partial charge < -0.3 is 0 Å². The molecule has 0 N–H and O–H groups in total. The Hall–Kier alpha value is -1.63. The first-order valence-electron chi connectivity index (χ1n) is 4.35. The number of pyridine rings is 1. The first-order chi connectivity index (χ1) is 6.36. The molecule has 58 valence electrons. The van der Waals surface area contributed by atoms with E-state index in [1.165, 1.54) is 0 Å². The van der Waals surface area contributed by atoms with E-state index in [4.69, 9.17) is 1.37 Å². The average Bonchev–Trinajstić information content (AvgIpc) is 2.19. The highest BCUT2D eigenvalue weighted by Gasteiger charge is 1.93. The van der Waals surface area contributed by atoms with Gasteiger partial charge in [0.15, 0.2) is 0 Å². The zero-order chi connectivity index (χ0) is 9.10. The Labute approximate surface area is 73.1 Å². The summed E-state index contributed by atoms with van der Waals surface area (Å²) in [6, 6.07) is 15.3. The zero-order valence-corrected chi connectivity index (χ0v) is 6.57. The number of benzene rings is 1. The van der Waals surface area contributed by atoms with E-state index in [0.717, 1.165) is 11.3 Å². The van der Waals surface area contributed by atoms with Gasteiger partial charge in [-0.1, -0.05) is 36.4 Å². The van der Waals surface area contributed by atoms with Crippen LogP contribution in [0.4, 0.5) is 0 Å². The second-order valence-electron chi connectivity index (χ2n) is 2.52. The smallest absolute Gasteiger partial charge is 0.0840 e. The number of nitrogens with zero attached hydrogens (tertiary/aromatic N) is 1. The van der Waals surface area contributed by atoms with Crippen molar-refractivity contribution in [1.82, 2.24) is 4.98 Å². The quantitative estimate of drug-likeness (QED) is 0.618. The third kappa shape index (κ3) is 1.35. The molecular weight excluding hydrogens is 146 g/mol. The molecule has 1 heteroatoms. The Morgan fingerprint density at radius 1 is 0.917 bits per heavy atom. The molecule has 12 heavy (non-hydrogen) atoms. The van der Waals surface area contributed by atoms with Crippen molar-refractivity contribution in [2.45, 2.75) is 0 Å². The highest BCUT2D eigenvalue weighted by molar-refractivity contribution is 5.58. The Morgan fingerprint density at radius 2 is 1.67 bits per heavy atom. The van der Waals surface area contributed by atoms with Crippen LogP contribution in [0, 0.1) is 0 Å². The van der Waals surface area contributed by atoms with Crippen LogP contribution in [0.2, 0.25) is 0 Å². The van der Waals surface area contributed by atoms with E-state index in [9.17, 15) is 0 Å². The fourth-order valence-electron chi connectivity index (χ4n) is 1.10. The van der Waals surface area contributed by atoms with Crippen LogP contribution < -0.4 is 0 Å². The van der Waals surface area contributed by atoms with E-state index in [1.54, 1.807) is 6.07 Å². The highest BCUT2D eigenvalue weighted by atomic mass is 14.7. The van der Waals surface area contributed by atoms with Crippen LogP contribution in [0.1, 0.15) is 1.37 Å². The highest BCUT2D eigenvalue weighted by Crippen LogP contribution is 2.14. The van der Waals surface area contributed by atoms with Crippen molar-refractivity contribution in [2.75, 3.05) is 0 Å². The summed E-state index contributed by atoms with van der Waals surface area (Å²) in [5.74, 6) is 0. The van der Waals surface area contributed by atoms with Crippen LogP contribution in [0.5, 0.6) is 0 Å². The molecule has 1 aromatic heterocycles. The normalized spacial score (nSPS) is 10.8. The fourth-order valence-corrected chi connectivity index (χ4v) is 1.10. The minimum atomic E-state index is 0.307. The molecule has 1 heterocycles. The minimum absolute atomic E-state index is 0.307. The minimum Gasteiger partial charge on any atom is -0.256 e. The zero-order valence-electron chi connectivity index (χ0n) is 7.57. The summed E-state index contributed by atoms with van der Waals surface area (Å²) >= 11 is 0. The maximum absolute atomic E-state index is 7.37. The summed E-state index contributed by atoms with van der Waals surface area (Å²) in [4.78, 5) is 4.11. The fraction of sp³-hybridized carbons (Fsp3) is 0. The number of hydrogen-bond acceptors (Lipinski definition) is 1. The maximum atomic E-state index is 7.37. The largest absolute Gasteiger partial charge is 0.256 e. The van der Waals surface area contributed by atoms with Crippen molar-refractivity contribution in [3.63, 3.8) is 0 Å². The Morgan fingerprint density at radius 3 is 2.42 bits per heavy atom. The van der Waals surface area contributed by atoms with Gasteiger partial charge in [0.1, 0.15) is 0 Å². The summed E-state index contributed by atoms with van der Waals surface area (Å²) in [5.41, 5.74) is 1.91. The van der Waals surface area contributed by atoms with Gasteiger partial charge >= 0.3 is 0 Å². The Balaban J connectivity index is 2.48. The molecule has 0 saturated heterocycles. The molecule has 1 aromatic carbocycles. The lowest BCUT2D eigenvalue weighted by Crippen LogP contribution is -1.79. The van der Waals surface area contributed by atoms with Crippen LogP contribution in [0.15, 0.2) is 54.7 Å². The number of aromatic nitrogens is 1. The molecule has 0 aliphatic rings. The van der Waals surface area contributed by atoms with Crippen LogP contribution >= 0.6 is 0 Å². The third-order valence-corrected chi connectivity index (χ3v) is 1.68. The second-order valence-corrected chi connectivity index (χ2v) is 2.52. The summed E-state index contributed by atoms with van der Waals surface area (Å²) < 4.78 is 7.37. The topological polar surface area (TPSA) is 12.9 Å². The molecule has 2 rings (SSSR count). The predicted octanol–water partition coefficient (Wildman–Crippen LogP) is 2.75. The van der Waals surface area contributed by atoms with Crippen LogP contribution in [0.3, 0.4) is 0 Å². The molecule has 2 aromatic rings. The molecule has 0 radical (unpaired) electrons. The van der Waals surface area contributed by atoms with Crippen molar-refractivity contribution in [3.05, 3.63) is 54.7 Å². The van der Waals surface area contributed by atoms with Crippen molar-refractivity contribution in [3.8, 4) is 11.3 Å². The molecule has 0 amide bonds. The lowest BCUT2D eigenvalue weighted by molar-refractivity contribution is 1.33. The molecular formula is C11H9N. The maximum Gasteiger partial charge on any atom is 0.0840 e. The van der Waals surface area contributed by atoms with Crippen molar-refractivity contribution < 1.29 is 1.37 Å². The summed E-state index contributed by atoms with van der Waals surface area (Å²) in [6.07, 6.45) is 0.307. The Bertz CT molecular complexity index is 398. The van der Waals surface area contributed by atoms with Crippen LogP contribution in [0.25, 0.3) is 11.3 Å². The van der Waals surface area contributed by atoms with Gasteiger partial charge in [-0.2, -0.15) is 0 Å². The molecule has 0 spiro atoms. The second kappa shape index (κ2) is 3.18. The van der Waals surface area contributed by atoms with Gasteiger partial charge in [-0.05, 0) is 12.1 Å². The molecule has 0 bridgehead atoms. The van der Waals surface area contributed by atoms with Gasteiger partial charge in [0.2, 0.25) is 0 Å².